The summed E-state index contributed by atoms with van der Waals surface area (Å²) in [5.41, 5.74) is 2.04. The quantitative estimate of drug-likeness (QED) is 0.905. The highest BCUT2D eigenvalue weighted by molar-refractivity contribution is 5.83. The largest absolute Gasteiger partial charge is 0.450 e. The lowest BCUT2D eigenvalue weighted by atomic mass is 10.0. The number of benzene rings is 1. The van der Waals surface area contributed by atoms with Crippen molar-refractivity contribution in [1.82, 2.24) is 15.2 Å². The molecule has 1 fully saturated rings. The second kappa shape index (κ2) is 7.38. The lowest BCUT2D eigenvalue weighted by molar-refractivity contribution is -0.121. The summed E-state index contributed by atoms with van der Waals surface area (Å²) in [6.07, 6.45) is 3.53. The number of rotatable bonds is 4. The number of fused-ring (bicyclic) bond motifs is 1. The molecule has 1 saturated heterocycles. The molecule has 2 N–H and O–H groups in total. The van der Waals surface area contributed by atoms with Crippen LogP contribution in [0.4, 0.5) is 4.79 Å². The monoisotopic (exact) mass is 329 g/mol. The summed E-state index contributed by atoms with van der Waals surface area (Å²) in [6, 6.07) is 8.15. The molecule has 2 heterocycles. The van der Waals surface area contributed by atoms with Gasteiger partial charge in [0.15, 0.2) is 0 Å². The van der Waals surface area contributed by atoms with Gasteiger partial charge in [-0.05, 0) is 42.8 Å². The van der Waals surface area contributed by atoms with Gasteiger partial charge < -0.3 is 19.9 Å². The molecule has 2 amide bonds. The number of nitrogens with one attached hydrogen (secondary N) is 2. The molecule has 24 heavy (non-hydrogen) atoms. The van der Waals surface area contributed by atoms with Crippen molar-refractivity contribution in [2.45, 2.75) is 32.2 Å². The second-order valence-electron chi connectivity index (χ2n) is 6.10. The first-order chi connectivity index (χ1) is 11.7. The topological polar surface area (TPSA) is 74.4 Å². The van der Waals surface area contributed by atoms with Crippen molar-refractivity contribution < 1.29 is 14.3 Å². The Morgan fingerprint density at radius 2 is 2.08 bits per heavy atom. The SMILES string of the molecule is CCOC(=O)N1CCC(NC(=O)Cc2ccc3cc[nH]c3c2)CC1. The molecule has 0 spiro atoms. The van der Waals surface area contributed by atoms with Crippen LogP contribution in [0.3, 0.4) is 0 Å². The normalized spacial score (nSPS) is 15.5. The number of amides is 2. The van der Waals surface area contributed by atoms with E-state index in [4.69, 9.17) is 4.74 Å². The Kier molecular flexibility index (Phi) is 5.03. The fourth-order valence-electron chi connectivity index (χ4n) is 3.09. The standard InChI is InChI=1S/C18H23N3O3/c1-2-24-18(23)21-9-6-15(7-10-21)20-17(22)12-13-3-4-14-5-8-19-16(14)11-13/h3-5,8,11,15,19H,2,6-7,9-10,12H2,1H3,(H,20,22). The van der Waals surface area contributed by atoms with Crippen LogP contribution in [0.5, 0.6) is 0 Å². The van der Waals surface area contributed by atoms with Gasteiger partial charge in [0.05, 0.1) is 13.0 Å². The van der Waals surface area contributed by atoms with Gasteiger partial charge in [0.25, 0.3) is 0 Å². The van der Waals surface area contributed by atoms with Crippen LogP contribution >= 0.6 is 0 Å². The van der Waals surface area contributed by atoms with Gasteiger partial charge in [-0.2, -0.15) is 0 Å². The number of carbonyl (C=O) groups is 2. The summed E-state index contributed by atoms with van der Waals surface area (Å²) in [5, 5.41) is 4.22. The maximum absolute atomic E-state index is 12.2. The number of hydrogen-bond acceptors (Lipinski definition) is 3. The number of carbonyl (C=O) groups excluding carboxylic acids is 2. The molecule has 1 aliphatic heterocycles. The van der Waals surface area contributed by atoms with E-state index in [2.05, 4.69) is 10.3 Å². The maximum atomic E-state index is 12.2. The first kappa shape index (κ1) is 16.4. The van der Waals surface area contributed by atoms with Crippen LogP contribution in [0, 0.1) is 0 Å². The summed E-state index contributed by atoms with van der Waals surface area (Å²) in [7, 11) is 0. The van der Waals surface area contributed by atoms with E-state index in [0.717, 1.165) is 29.3 Å². The fourth-order valence-corrected chi connectivity index (χ4v) is 3.09. The van der Waals surface area contributed by atoms with Crippen LogP contribution in [0.25, 0.3) is 10.9 Å². The molecule has 3 rings (SSSR count). The van der Waals surface area contributed by atoms with Gasteiger partial charge in [0.1, 0.15) is 0 Å². The van der Waals surface area contributed by atoms with Gasteiger partial charge in [0, 0.05) is 30.8 Å². The van der Waals surface area contributed by atoms with Crippen LogP contribution in [0.15, 0.2) is 30.5 Å². The predicted molar refractivity (Wildman–Crippen MR) is 91.8 cm³/mol. The zero-order valence-electron chi connectivity index (χ0n) is 13.9. The van der Waals surface area contributed by atoms with Crippen molar-refractivity contribution in [1.29, 1.82) is 0 Å². The number of H-pyrrole nitrogens is 1. The Morgan fingerprint density at radius 1 is 1.29 bits per heavy atom. The van der Waals surface area contributed by atoms with Gasteiger partial charge in [0.2, 0.25) is 5.91 Å². The first-order valence-corrected chi connectivity index (χ1v) is 8.43. The Balaban J connectivity index is 1.48. The van der Waals surface area contributed by atoms with Gasteiger partial charge in [-0.25, -0.2) is 4.79 Å². The van der Waals surface area contributed by atoms with E-state index in [9.17, 15) is 9.59 Å². The average molecular weight is 329 g/mol. The summed E-state index contributed by atoms with van der Waals surface area (Å²) in [4.78, 5) is 28.8. The molecule has 1 aliphatic rings. The lowest BCUT2D eigenvalue weighted by Gasteiger charge is -2.31. The van der Waals surface area contributed by atoms with Crippen LogP contribution < -0.4 is 5.32 Å². The number of aromatic nitrogens is 1. The number of nitrogens with zero attached hydrogens (tertiary/aromatic N) is 1. The van der Waals surface area contributed by atoms with E-state index in [1.54, 1.807) is 11.8 Å². The molecule has 0 bridgehead atoms. The van der Waals surface area contributed by atoms with Crippen LogP contribution in [0.2, 0.25) is 0 Å². The fraction of sp³-hybridized carbons (Fsp3) is 0.444. The molecular weight excluding hydrogens is 306 g/mol. The number of ether oxygens (including phenoxy) is 1. The van der Waals surface area contributed by atoms with Crippen molar-refractivity contribution in [3.05, 3.63) is 36.0 Å². The predicted octanol–water partition coefficient (Wildman–Crippen LogP) is 2.45. The minimum atomic E-state index is -0.262. The molecule has 6 nitrogen and oxygen atoms in total. The minimum absolute atomic E-state index is 0.0236. The molecule has 1 aromatic heterocycles. The molecule has 0 unspecified atom stereocenters. The summed E-state index contributed by atoms with van der Waals surface area (Å²) in [6.45, 7) is 3.44. The average Bonchev–Trinajstić information content (AvgIpc) is 3.03. The summed E-state index contributed by atoms with van der Waals surface area (Å²) >= 11 is 0. The van der Waals surface area contributed by atoms with Crippen LogP contribution in [-0.2, 0) is 16.0 Å². The molecule has 128 valence electrons. The van der Waals surface area contributed by atoms with Crippen molar-refractivity contribution >= 4 is 22.9 Å². The smallest absolute Gasteiger partial charge is 0.409 e. The number of likely N-dealkylation sites (tertiary alicyclic amines) is 1. The Labute approximate surface area is 141 Å². The molecule has 0 atom stereocenters. The molecule has 1 aromatic carbocycles. The zero-order valence-corrected chi connectivity index (χ0v) is 13.9. The molecular formula is C18H23N3O3. The highest BCUT2D eigenvalue weighted by atomic mass is 16.6. The molecule has 2 aromatic rings. The maximum Gasteiger partial charge on any atom is 0.409 e. The van der Waals surface area contributed by atoms with Gasteiger partial charge >= 0.3 is 6.09 Å². The van der Waals surface area contributed by atoms with E-state index in [1.165, 1.54) is 0 Å². The third-order valence-corrected chi connectivity index (χ3v) is 4.37. The van der Waals surface area contributed by atoms with Crippen molar-refractivity contribution in [3.63, 3.8) is 0 Å². The van der Waals surface area contributed by atoms with E-state index in [-0.39, 0.29) is 18.0 Å². The van der Waals surface area contributed by atoms with Crippen molar-refractivity contribution in [2.24, 2.45) is 0 Å². The highest BCUT2D eigenvalue weighted by Gasteiger charge is 2.24. The van der Waals surface area contributed by atoms with Crippen LogP contribution in [-0.4, -0.2) is 47.6 Å². The van der Waals surface area contributed by atoms with Gasteiger partial charge in [-0.15, -0.1) is 0 Å². The van der Waals surface area contributed by atoms with Crippen molar-refractivity contribution in [3.8, 4) is 0 Å². The van der Waals surface area contributed by atoms with E-state index in [1.807, 2.05) is 30.5 Å². The van der Waals surface area contributed by atoms with E-state index in [0.29, 0.717) is 26.1 Å². The van der Waals surface area contributed by atoms with Gasteiger partial charge in [-0.3, -0.25) is 4.79 Å². The Hall–Kier alpha value is -2.50. The van der Waals surface area contributed by atoms with E-state index >= 15 is 0 Å². The van der Waals surface area contributed by atoms with Crippen molar-refractivity contribution in [2.75, 3.05) is 19.7 Å². The van der Waals surface area contributed by atoms with Gasteiger partial charge in [-0.1, -0.05) is 12.1 Å². The molecule has 0 radical (unpaired) electrons. The number of piperidine rings is 1. The third-order valence-electron chi connectivity index (χ3n) is 4.37. The summed E-state index contributed by atoms with van der Waals surface area (Å²) in [5.74, 6) is 0.0236. The number of hydrogen-bond donors (Lipinski definition) is 2. The summed E-state index contributed by atoms with van der Waals surface area (Å²) < 4.78 is 5.00. The molecule has 6 heteroatoms. The number of aromatic amines is 1. The minimum Gasteiger partial charge on any atom is -0.450 e. The first-order valence-electron chi connectivity index (χ1n) is 8.43. The molecule has 0 aliphatic carbocycles. The van der Waals surface area contributed by atoms with Crippen LogP contribution in [0.1, 0.15) is 25.3 Å². The second-order valence-corrected chi connectivity index (χ2v) is 6.10. The Bertz CT molecular complexity index is 717. The highest BCUT2D eigenvalue weighted by Crippen LogP contribution is 2.15. The third kappa shape index (κ3) is 3.88. The zero-order chi connectivity index (χ0) is 16.9. The lowest BCUT2D eigenvalue weighted by Crippen LogP contribution is -2.47. The Morgan fingerprint density at radius 3 is 2.83 bits per heavy atom. The van der Waals surface area contributed by atoms with E-state index < -0.39 is 0 Å². The molecule has 0 saturated carbocycles.